The number of alkyl halides is 3. The fourth-order valence-electron chi connectivity index (χ4n) is 8.17. The number of hydrogen-bond acceptors (Lipinski definition) is 2. The van der Waals surface area contributed by atoms with Gasteiger partial charge in [0, 0.05) is 5.92 Å². The molecule has 0 radical (unpaired) electrons. The van der Waals surface area contributed by atoms with Gasteiger partial charge in [-0.3, -0.25) is 4.79 Å². The summed E-state index contributed by atoms with van der Waals surface area (Å²) in [5.41, 5.74) is -2.52. The summed E-state index contributed by atoms with van der Waals surface area (Å²) in [6, 6.07) is 0. The Morgan fingerprint density at radius 3 is 2.22 bits per heavy atom. The van der Waals surface area contributed by atoms with Crippen LogP contribution in [0.15, 0.2) is 0 Å². The van der Waals surface area contributed by atoms with Gasteiger partial charge in [0.25, 0.3) is 0 Å². The summed E-state index contributed by atoms with van der Waals surface area (Å²) in [5.74, 6) is 1.94. The van der Waals surface area contributed by atoms with Gasteiger partial charge in [0.1, 0.15) is 5.78 Å². The molecule has 0 heterocycles. The molecule has 0 aromatic rings. The third kappa shape index (κ3) is 2.66. The van der Waals surface area contributed by atoms with Crippen LogP contribution in [0.25, 0.3) is 0 Å². The Morgan fingerprint density at radius 2 is 1.59 bits per heavy atom. The third-order valence-corrected chi connectivity index (χ3v) is 9.74. The zero-order valence-electron chi connectivity index (χ0n) is 16.7. The molecule has 1 N–H and O–H groups in total. The van der Waals surface area contributed by atoms with E-state index in [9.17, 15) is 23.1 Å². The zero-order valence-corrected chi connectivity index (χ0v) is 16.7. The van der Waals surface area contributed by atoms with Crippen LogP contribution in [0.5, 0.6) is 0 Å². The fraction of sp³-hybridized carbons (Fsp3) is 0.955. The second kappa shape index (κ2) is 5.96. The van der Waals surface area contributed by atoms with Crippen LogP contribution in [0.3, 0.4) is 0 Å². The maximum absolute atomic E-state index is 13.4. The Labute approximate surface area is 160 Å². The number of halogens is 3. The molecule has 4 rings (SSSR count). The quantitative estimate of drug-likeness (QED) is 0.643. The molecule has 0 aliphatic heterocycles. The van der Waals surface area contributed by atoms with Crippen molar-refractivity contribution in [3.8, 4) is 0 Å². The molecule has 0 aromatic carbocycles. The zero-order chi connectivity index (χ0) is 19.8. The van der Waals surface area contributed by atoms with Crippen LogP contribution >= 0.6 is 0 Å². The van der Waals surface area contributed by atoms with Crippen molar-refractivity contribution in [3.63, 3.8) is 0 Å². The highest BCUT2D eigenvalue weighted by Gasteiger charge is 2.65. The van der Waals surface area contributed by atoms with E-state index in [-0.39, 0.29) is 35.5 Å². The second-order valence-electron chi connectivity index (χ2n) is 10.7. The lowest BCUT2D eigenvalue weighted by molar-refractivity contribution is -0.290. The van der Waals surface area contributed by atoms with Crippen LogP contribution in [-0.4, -0.2) is 22.7 Å². The summed E-state index contributed by atoms with van der Waals surface area (Å²) in [6.07, 6.45) is 1.51. The predicted molar refractivity (Wildman–Crippen MR) is 96.9 cm³/mol. The van der Waals surface area contributed by atoms with E-state index in [1.54, 1.807) is 6.92 Å². The first-order chi connectivity index (χ1) is 12.4. The van der Waals surface area contributed by atoms with Crippen LogP contribution in [-0.2, 0) is 4.79 Å². The standard InChI is InChI=1S/C22H33F3O2/c1-13(26)16-6-7-17-15-5-4-14-12-21(27,22(23,24)25)11-10-19(14,2)18(15)8-9-20(16,17)3/h14-18,27H,4-12H2,1-3H3/t14-,15+,16-,17+,18+,19+,20-,21+/m1/s1. The van der Waals surface area contributed by atoms with Gasteiger partial charge in [-0.25, -0.2) is 0 Å². The molecule has 0 unspecified atom stereocenters. The van der Waals surface area contributed by atoms with E-state index >= 15 is 0 Å². The summed E-state index contributed by atoms with van der Waals surface area (Å²) in [5, 5.41) is 10.3. The Kier molecular flexibility index (Phi) is 4.36. The number of fused-ring (bicyclic) bond motifs is 5. The smallest absolute Gasteiger partial charge is 0.380 e. The lowest BCUT2D eigenvalue weighted by Gasteiger charge is -2.62. The van der Waals surface area contributed by atoms with Gasteiger partial charge in [-0.15, -0.1) is 0 Å². The topological polar surface area (TPSA) is 37.3 Å². The van der Waals surface area contributed by atoms with Gasteiger partial charge >= 0.3 is 6.18 Å². The molecule has 2 nitrogen and oxygen atoms in total. The van der Waals surface area contributed by atoms with Gasteiger partial charge in [-0.1, -0.05) is 13.8 Å². The van der Waals surface area contributed by atoms with Gasteiger partial charge in [0.15, 0.2) is 5.60 Å². The highest BCUT2D eigenvalue weighted by Crippen LogP contribution is 2.68. The largest absolute Gasteiger partial charge is 0.417 e. The minimum atomic E-state index is -4.53. The number of hydrogen-bond donors (Lipinski definition) is 1. The van der Waals surface area contributed by atoms with E-state index in [4.69, 9.17) is 0 Å². The number of aliphatic hydroxyl groups is 1. The molecule has 4 aliphatic carbocycles. The van der Waals surface area contributed by atoms with Crippen LogP contribution in [0, 0.1) is 40.4 Å². The van der Waals surface area contributed by atoms with E-state index in [0.717, 1.165) is 38.5 Å². The Hall–Kier alpha value is -0.580. The van der Waals surface area contributed by atoms with Crippen molar-refractivity contribution in [2.45, 2.75) is 90.3 Å². The molecule has 0 spiro atoms. The lowest BCUT2D eigenvalue weighted by atomic mass is 9.43. The van der Waals surface area contributed by atoms with Crippen molar-refractivity contribution < 1.29 is 23.1 Å². The molecule has 5 heteroatoms. The van der Waals surface area contributed by atoms with E-state index in [1.807, 2.05) is 0 Å². The highest BCUT2D eigenvalue weighted by molar-refractivity contribution is 5.79. The van der Waals surface area contributed by atoms with Gasteiger partial charge < -0.3 is 5.11 Å². The van der Waals surface area contributed by atoms with Crippen LogP contribution in [0.1, 0.15) is 78.6 Å². The van der Waals surface area contributed by atoms with Crippen molar-refractivity contribution in [1.82, 2.24) is 0 Å². The summed E-state index contributed by atoms with van der Waals surface area (Å²) < 4.78 is 40.2. The van der Waals surface area contributed by atoms with E-state index in [2.05, 4.69) is 13.8 Å². The second-order valence-corrected chi connectivity index (χ2v) is 10.7. The van der Waals surface area contributed by atoms with Crippen molar-refractivity contribution in [2.75, 3.05) is 0 Å². The lowest BCUT2D eigenvalue weighted by Crippen LogP contribution is -2.59. The molecule has 0 aromatic heterocycles. The maximum atomic E-state index is 13.4. The average Bonchev–Trinajstić information content (AvgIpc) is 2.92. The first-order valence-electron chi connectivity index (χ1n) is 10.7. The number of ketones is 1. The summed E-state index contributed by atoms with van der Waals surface area (Å²) in [6.45, 7) is 6.22. The minimum absolute atomic E-state index is 0.0477. The van der Waals surface area contributed by atoms with Crippen molar-refractivity contribution >= 4 is 5.78 Å². The van der Waals surface area contributed by atoms with Crippen LogP contribution < -0.4 is 0 Å². The number of carbonyl (C=O) groups is 1. The molecule has 4 fully saturated rings. The molecular formula is C22H33F3O2. The number of rotatable bonds is 1. The van der Waals surface area contributed by atoms with Crippen molar-refractivity contribution in [2.24, 2.45) is 40.4 Å². The van der Waals surface area contributed by atoms with Gasteiger partial charge in [-0.05, 0) is 99.2 Å². The van der Waals surface area contributed by atoms with Gasteiger partial charge in [0.05, 0.1) is 0 Å². The van der Waals surface area contributed by atoms with Crippen molar-refractivity contribution in [1.29, 1.82) is 0 Å². The number of Topliss-reactive ketones (excluding diaryl/α,β-unsaturated/α-hetero) is 1. The molecule has 8 atom stereocenters. The normalized spacial score (nSPS) is 52.6. The highest BCUT2D eigenvalue weighted by atomic mass is 19.4. The summed E-state index contributed by atoms with van der Waals surface area (Å²) in [4.78, 5) is 12.2. The first kappa shape index (κ1) is 19.7. The summed E-state index contributed by atoms with van der Waals surface area (Å²) in [7, 11) is 0. The minimum Gasteiger partial charge on any atom is -0.380 e. The Balaban J connectivity index is 1.59. The Morgan fingerprint density at radius 1 is 0.926 bits per heavy atom. The Bertz CT molecular complexity index is 632. The van der Waals surface area contributed by atoms with Crippen LogP contribution in [0.2, 0.25) is 0 Å². The molecule has 4 aliphatic rings. The van der Waals surface area contributed by atoms with E-state index in [0.29, 0.717) is 30.0 Å². The predicted octanol–water partition coefficient (Wildman–Crippen LogP) is 5.53. The average molecular weight is 386 g/mol. The SMILES string of the molecule is CC(=O)[C@H]1CC[C@H]2[C@@H]3CC[C@@H]4C[C@](O)(C(F)(F)F)CC[C@]4(C)[C@H]3CC[C@]12C. The molecule has 0 amide bonds. The first-order valence-corrected chi connectivity index (χ1v) is 10.7. The van der Waals surface area contributed by atoms with Gasteiger partial charge in [-0.2, -0.15) is 13.2 Å². The monoisotopic (exact) mass is 386 g/mol. The molecule has 0 saturated heterocycles. The van der Waals surface area contributed by atoms with E-state index < -0.39 is 11.8 Å². The number of carbonyl (C=O) groups excluding carboxylic acids is 1. The van der Waals surface area contributed by atoms with Gasteiger partial charge in [0.2, 0.25) is 0 Å². The molecule has 0 bridgehead atoms. The van der Waals surface area contributed by atoms with Crippen LogP contribution in [0.4, 0.5) is 13.2 Å². The molecular weight excluding hydrogens is 353 g/mol. The maximum Gasteiger partial charge on any atom is 0.417 e. The third-order valence-electron chi connectivity index (χ3n) is 9.74. The fourth-order valence-corrected chi connectivity index (χ4v) is 8.17. The van der Waals surface area contributed by atoms with Crippen molar-refractivity contribution in [3.05, 3.63) is 0 Å². The molecule has 154 valence electrons. The van der Waals surface area contributed by atoms with E-state index in [1.165, 1.54) is 0 Å². The molecule has 4 saturated carbocycles. The molecule has 27 heavy (non-hydrogen) atoms. The summed E-state index contributed by atoms with van der Waals surface area (Å²) >= 11 is 0.